The van der Waals surface area contributed by atoms with Crippen molar-refractivity contribution in [2.45, 2.75) is 104 Å². The number of pyridine rings is 1. The zero-order valence-corrected chi connectivity index (χ0v) is 36.5. The fourth-order valence-corrected chi connectivity index (χ4v) is 7.39. The van der Waals surface area contributed by atoms with Crippen LogP contribution < -0.4 is 14.8 Å². The number of β-amino-alcohol motifs (C(OH)–C–C–N with tert-alkyl or cyclic N) is 1. The molecular weight excluding hydrogens is 780 g/mol. The molecule has 0 spiro atoms. The number of benzene rings is 3. The number of likely N-dealkylation sites (tertiary alicyclic amines) is 1. The predicted molar refractivity (Wildman–Crippen MR) is 233 cm³/mol. The zero-order chi connectivity index (χ0) is 43.0. The van der Waals surface area contributed by atoms with E-state index in [1.54, 1.807) is 12.3 Å². The molecule has 1 saturated heterocycles. The largest absolute Gasteiger partial charge is 0.493 e. The maximum absolute atomic E-state index is 13.3. The van der Waals surface area contributed by atoms with E-state index in [0.717, 1.165) is 82.5 Å². The van der Waals surface area contributed by atoms with Gasteiger partial charge in [0.2, 0.25) is 0 Å². The summed E-state index contributed by atoms with van der Waals surface area (Å²) in [6, 6.07) is 19.2. The van der Waals surface area contributed by atoms with Gasteiger partial charge in [0.1, 0.15) is 35.8 Å². The van der Waals surface area contributed by atoms with E-state index in [1.165, 1.54) is 6.20 Å². The average Bonchev–Trinajstić information content (AvgIpc) is 3.81. The van der Waals surface area contributed by atoms with Gasteiger partial charge in [0, 0.05) is 60.1 Å². The summed E-state index contributed by atoms with van der Waals surface area (Å²) in [5, 5.41) is 29.0. The molecule has 0 aliphatic carbocycles. The Hall–Kier alpha value is -5.03. The van der Waals surface area contributed by atoms with Crippen LogP contribution in [-0.2, 0) is 34.0 Å². The van der Waals surface area contributed by atoms with Gasteiger partial charge in [-0.15, -0.1) is 0 Å². The van der Waals surface area contributed by atoms with Crippen molar-refractivity contribution in [2.24, 2.45) is 0 Å². The molecule has 0 saturated carbocycles. The SMILES string of the molecule is Cc1c(OCCCN2CC[C@@H](O)C2)cccc1-c1cccc2c1cnn2Cc1cc(OCc2cncc(C#N)c2)c(CN[C@@H](COC(C)(C)C)C(=O)OC(C)(C)C)cc1Cl. The summed E-state index contributed by atoms with van der Waals surface area (Å²) >= 11 is 7.06. The second-order valence-corrected chi connectivity index (χ2v) is 17.7. The number of aromatic nitrogens is 3. The maximum Gasteiger partial charge on any atom is 0.326 e. The van der Waals surface area contributed by atoms with Crippen LogP contribution in [0.25, 0.3) is 22.0 Å². The topological polar surface area (TPSA) is 144 Å². The van der Waals surface area contributed by atoms with Crippen LogP contribution in [0.1, 0.15) is 82.2 Å². The van der Waals surface area contributed by atoms with E-state index < -0.39 is 23.2 Å². The number of aliphatic hydroxyl groups is 1. The normalized spacial score (nSPS) is 15.2. The molecule has 5 aromatic rings. The van der Waals surface area contributed by atoms with Crippen LogP contribution in [0.3, 0.4) is 0 Å². The molecule has 3 heterocycles. The highest BCUT2D eigenvalue weighted by Gasteiger charge is 2.28. The third kappa shape index (κ3) is 12.0. The van der Waals surface area contributed by atoms with E-state index in [9.17, 15) is 15.2 Å². The van der Waals surface area contributed by atoms with Crippen LogP contribution in [0.4, 0.5) is 0 Å². The molecule has 0 radical (unpaired) electrons. The van der Waals surface area contributed by atoms with E-state index in [-0.39, 0.29) is 25.9 Å². The lowest BCUT2D eigenvalue weighted by atomic mass is 9.97. The minimum Gasteiger partial charge on any atom is -0.493 e. The molecule has 1 aliphatic heterocycles. The first-order valence-corrected chi connectivity index (χ1v) is 20.9. The number of hydrogen-bond acceptors (Lipinski definition) is 11. The monoisotopic (exact) mass is 836 g/mol. The number of aliphatic hydroxyl groups excluding tert-OH is 1. The fourth-order valence-electron chi connectivity index (χ4n) is 7.14. The van der Waals surface area contributed by atoms with Crippen LogP contribution in [0.15, 0.2) is 73.2 Å². The minimum absolute atomic E-state index is 0.101. The lowest BCUT2D eigenvalue weighted by Crippen LogP contribution is -2.45. The second kappa shape index (κ2) is 19.6. The molecule has 0 bridgehead atoms. The molecule has 0 unspecified atom stereocenters. The van der Waals surface area contributed by atoms with Gasteiger partial charge < -0.3 is 29.0 Å². The fraction of sp³-hybridized carbons (Fsp3) is 0.447. The lowest BCUT2D eigenvalue weighted by molar-refractivity contribution is -0.160. The number of nitrogens with zero attached hydrogens (tertiary/aromatic N) is 5. The Balaban J connectivity index is 1.24. The molecule has 2 aromatic heterocycles. The highest BCUT2D eigenvalue weighted by molar-refractivity contribution is 6.31. The van der Waals surface area contributed by atoms with Gasteiger partial charge >= 0.3 is 5.97 Å². The van der Waals surface area contributed by atoms with Gasteiger partial charge in [-0.3, -0.25) is 19.8 Å². The van der Waals surface area contributed by atoms with Gasteiger partial charge in [0.15, 0.2) is 0 Å². The van der Waals surface area contributed by atoms with Gasteiger partial charge in [-0.1, -0.05) is 35.9 Å². The number of carbonyl (C=O) groups excluding carboxylic acids is 1. The van der Waals surface area contributed by atoms with E-state index in [0.29, 0.717) is 29.5 Å². The van der Waals surface area contributed by atoms with Crippen molar-refractivity contribution >= 4 is 28.5 Å². The molecular formula is C47H57ClN6O6. The van der Waals surface area contributed by atoms with Crippen LogP contribution >= 0.6 is 11.6 Å². The quantitative estimate of drug-likeness (QED) is 0.0695. The standard InChI is InChI=1S/C47H57ClN6O6/c1-31-37(11-9-14-43(31)57-18-10-16-53-17-15-36(55)28-53)38-12-8-13-42-39(38)26-52-54(42)27-35-21-44(58-29-33-19-32(22-49)23-50-24-33)34(20-40(35)48)25-51-41(30-59-46(2,3)4)45(56)60-47(5,6)7/h8-9,11-14,19-21,23-24,26,36,41,51,55H,10,15-18,25,27-30H2,1-7H3/t36-,41+/m1/s1. The molecule has 6 rings (SSSR count). The summed E-state index contributed by atoms with van der Waals surface area (Å²) in [4.78, 5) is 19.8. The Labute approximate surface area is 358 Å². The van der Waals surface area contributed by atoms with E-state index in [1.807, 2.05) is 88.8 Å². The van der Waals surface area contributed by atoms with Crippen molar-refractivity contribution in [3.05, 3.63) is 106 Å². The number of fused-ring (bicyclic) bond motifs is 1. The molecule has 318 valence electrons. The number of esters is 1. The lowest BCUT2D eigenvalue weighted by Gasteiger charge is -2.27. The zero-order valence-electron chi connectivity index (χ0n) is 35.8. The smallest absolute Gasteiger partial charge is 0.326 e. The summed E-state index contributed by atoms with van der Waals surface area (Å²) in [5.74, 6) is 0.971. The number of hydrogen-bond donors (Lipinski definition) is 2. The third-order valence-corrected chi connectivity index (χ3v) is 10.5. The number of ether oxygens (including phenoxy) is 4. The molecule has 1 fully saturated rings. The van der Waals surface area contributed by atoms with Crippen LogP contribution in [0.5, 0.6) is 11.5 Å². The second-order valence-electron chi connectivity index (χ2n) is 17.3. The Morgan fingerprint density at radius 1 is 1.00 bits per heavy atom. The van der Waals surface area contributed by atoms with Crippen LogP contribution in [0.2, 0.25) is 5.02 Å². The molecule has 1 aliphatic rings. The van der Waals surface area contributed by atoms with E-state index in [2.05, 4.69) is 40.3 Å². The van der Waals surface area contributed by atoms with Crippen molar-refractivity contribution in [1.82, 2.24) is 25.0 Å². The molecule has 3 aromatic carbocycles. The van der Waals surface area contributed by atoms with Gasteiger partial charge in [-0.2, -0.15) is 10.4 Å². The first kappa shape index (κ1) is 44.5. The Morgan fingerprint density at radius 2 is 1.78 bits per heavy atom. The van der Waals surface area contributed by atoms with Crippen molar-refractivity contribution in [1.29, 1.82) is 5.26 Å². The summed E-state index contributed by atoms with van der Waals surface area (Å²) in [6.07, 6.45) is 6.56. The predicted octanol–water partition coefficient (Wildman–Crippen LogP) is 8.01. The van der Waals surface area contributed by atoms with Gasteiger partial charge in [0.05, 0.1) is 48.7 Å². The molecule has 0 amide bonds. The van der Waals surface area contributed by atoms with Crippen molar-refractivity contribution in [2.75, 3.05) is 32.8 Å². The summed E-state index contributed by atoms with van der Waals surface area (Å²) in [6.45, 7) is 17.4. The maximum atomic E-state index is 13.3. The highest BCUT2D eigenvalue weighted by atomic mass is 35.5. The summed E-state index contributed by atoms with van der Waals surface area (Å²) < 4.78 is 26.4. The Morgan fingerprint density at radius 3 is 2.52 bits per heavy atom. The first-order chi connectivity index (χ1) is 28.6. The van der Waals surface area contributed by atoms with Crippen LogP contribution in [-0.4, -0.2) is 86.9 Å². The highest BCUT2D eigenvalue weighted by Crippen LogP contribution is 2.36. The van der Waals surface area contributed by atoms with Gasteiger partial charge in [-0.05, 0) is 114 Å². The molecule has 12 nitrogen and oxygen atoms in total. The minimum atomic E-state index is -0.762. The third-order valence-electron chi connectivity index (χ3n) is 10.2. The summed E-state index contributed by atoms with van der Waals surface area (Å²) in [5.41, 5.74) is 5.62. The van der Waals surface area contributed by atoms with Crippen molar-refractivity contribution < 1.29 is 28.8 Å². The van der Waals surface area contributed by atoms with E-state index in [4.69, 9.17) is 35.6 Å². The Kier molecular flexibility index (Phi) is 14.5. The van der Waals surface area contributed by atoms with Gasteiger partial charge in [-0.25, -0.2) is 0 Å². The first-order valence-electron chi connectivity index (χ1n) is 20.5. The molecule has 2 atom stereocenters. The number of carbonyl (C=O) groups is 1. The van der Waals surface area contributed by atoms with Crippen molar-refractivity contribution in [3.63, 3.8) is 0 Å². The number of rotatable bonds is 17. The molecule has 60 heavy (non-hydrogen) atoms. The van der Waals surface area contributed by atoms with Crippen LogP contribution in [0, 0.1) is 18.3 Å². The Bertz CT molecular complexity index is 2310. The van der Waals surface area contributed by atoms with Gasteiger partial charge in [0.25, 0.3) is 0 Å². The number of nitrogens with one attached hydrogen (secondary N) is 1. The molecule has 2 N–H and O–H groups in total. The number of halogens is 1. The summed E-state index contributed by atoms with van der Waals surface area (Å²) in [7, 11) is 0. The van der Waals surface area contributed by atoms with E-state index >= 15 is 0 Å². The average molecular weight is 837 g/mol. The number of nitriles is 1. The molecule has 13 heteroatoms. The van der Waals surface area contributed by atoms with Crippen molar-refractivity contribution in [3.8, 4) is 28.7 Å².